The van der Waals surface area contributed by atoms with E-state index in [0.717, 1.165) is 16.7 Å². The SMILES string of the molecule is Cc1ccc(OC(C)C(=O)OC(C)c2nnc(-c3ccc(C)cc3)o2)cc1. The zero-order valence-electron chi connectivity index (χ0n) is 15.8. The minimum absolute atomic E-state index is 0.237. The Morgan fingerprint density at radius 1 is 0.926 bits per heavy atom. The second kappa shape index (κ2) is 8.03. The number of aryl methyl sites for hydroxylation is 2. The summed E-state index contributed by atoms with van der Waals surface area (Å²) in [5, 5.41) is 8.01. The fourth-order valence-electron chi connectivity index (χ4n) is 2.40. The van der Waals surface area contributed by atoms with Crippen molar-refractivity contribution in [1.29, 1.82) is 0 Å². The Kier molecular flexibility index (Phi) is 5.54. The van der Waals surface area contributed by atoms with Crippen molar-refractivity contribution in [3.05, 3.63) is 65.5 Å². The lowest BCUT2D eigenvalue weighted by Gasteiger charge is -2.16. The number of carbonyl (C=O) groups excluding carboxylic acids is 1. The zero-order valence-corrected chi connectivity index (χ0v) is 15.8. The van der Waals surface area contributed by atoms with E-state index in [4.69, 9.17) is 13.9 Å². The highest BCUT2D eigenvalue weighted by atomic mass is 16.6. The Hall–Kier alpha value is -3.15. The number of esters is 1. The van der Waals surface area contributed by atoms with E-state index in [2.05, 4.69) is 10.2 Å². The number of ether oxygens (including phenoxy) is 2. The molecule has 0 aliphatic heterocycles. The van der Waals surface area contributed by atoms with Crippen LogP contribution in [0.3, 0.4) is 0 Å². The number of rotatable bonds is 6. The van der Waals surface area contributed by atoms with Crippen molar-refractivity contribution in [2.24, 2.45) is 0 Å². The summed E-state index contributed by atoms with van der Waals surface area (Å²) in [6.07, 6.45) is -1.43. The molecule has 0 saturated carbocycles. The van der Waals surface area contributed by atoms with Gasteiger partial charge in [-0.3, -0.25) is 0 Å². The van der Waals surface area contributed by atoms with E-state index in [1.807, 2.05) is 62.4 Å². The molecular weight excluding hydrogens is 344 g/mol. The summed E-state index contributed by atoms with van der Waals surface area (Å²) in [5.41, 5.74) is 3.07. The lowest BCUT2D eigenvalue weighted by Crippen LogP contribution is -2.27. The van der Waals surface area contributed by atoms with Gasteiger partial charge in [0.1, 0.15) is 5.75 Å². The molecule has 2 atom stereocenters. The molecule has 0 bridgehead atoms. The van der Waals surface area contributed by atoms with Gasteiger partial charge in [-0.25, -0.2) is 4.79 Å². The van der Waals surface area contributed by atoms with Crippen LogP contribution >= 0.6 is 0 Å². The van der Waals surface area contributed by atoms with Gasteiger partial charge in [0.05, 0.1) is 0 Å². The van der Waals surface area contributed by atoms with Crippen molar-refractivity contribution in [2.75, 3.05) is 0 Å². The predicted octanol–water partition coefficient (Wildman–Crippen LogP) is 4.43. The van der Waals surface area contributed by atoms with Gasteiger partial charge in [0.2, 0.25) is 5.89 Å². The van der Waals surface area contributed by atoms with Crippen molar-refractivity contribution >= 4 is 5.97 Å². The van der Waals surface area contributed by atoms with Crippen LogP contribution in [0.4, 0.5) is 0 Å². The number of benzene rings is 2. The normalized spacial score (nSPS) is 13.0. The van der Waals surface area contributed by atoms with Crippen LogP contribution < -0.4 is 4.74 Å². The summed E-state index contributed by atoms with van der Waals surface area (Å²) in [6, 6.07) is 15.2. The van der Waals surface area contributed by atoms with Crippen molar-refractivity contribution in [3.63, 3.8) is 0 Å². The van der Waals surface area contributed by atoms with E-state index in [9.17, 15) is 4.79 Å². The summed E-state index contributed by atoms with van der Waals surface area (Å²) in [5.74, 6) is 0.730. The van der Waals surface area contributed by atoms with Gasteiger partial charge >= 0.3 is 5.97 Å². The van der Waals surface area contributed by atoms with Gasteiger partial charge in [-0.15, -0.1) is 10.2 Å². The third-order valence-electron chi connectivity index (χ3n) is 4.05. The van der Waals surface area contributed by atoms with Crippen LogP contribution in [0.15, 0.2) is 52.9 Å². The van der Waals surface area contributed by atoms with Crippen molar-refractivity contribution < 1.29 is 18.7 Å². The molecule has 140 valence electrons. The highest BCUT2D eigenvalue weighted by molar-refractivity contribution is 5.74. The van der Waals surface area contributed by atoms with E-state index in [-0.39, 0.29) is 5.89 Å². The molecule has 0 spiro atoms. The van der Waals surface area contributed by atoms with Crippen LogP contribution in [-0.2, 0) is 9.53 Å². The third-order valence-corrected chi connectivity index (χ3v) is 4.05. The fraction of sp³-hybridized carbons (Fsp3) is 0.286. The van der Waals surface area contributed by atoms with Gasteiger partial charge in [-0.05, 0) is 52.0 Å². The molecule has 6 nitrogen and oxygen atoms in total. The lowest BCUT2D eigenvalue weighted by atomic mass is 10.1. The molecule has 2 unspecified atom stereocenters. The maximum Gasteiger partial charge on any atom is 0.347 e. The van der Waals surface area contributed by atoms with Gasteiger partial charge in [-0.1, -0.05) is 35.4 Å². The van der Waals surface area contributed by atoms with E-state index < -0.39 is 18.2 Å². The van der Waals surface area contributed by atoms with Crippen LogP contribution in [0.1, 0.15) is 37.0 Å². The zero-order chi connectivity index (χ0) is 19.4. The predicted molar refractivity (Wildman–Crippen MR) is 100 cm³/mol. The first-order valence-electron chi connectivity index (χ1n) is 8.76. The first kappa shape index (κ1) is 18.6. The molecular formula is C21H22N2O4. The molecule has 3 aromatic rings. The van der Waals surface area contributed by atoms with Crippen LogP contribution in [0.2, 0.25) is 0 Å². The summed E-state index contributed by atoms with van der Waals surface area (Å²) < 4.78 is 16.7. The maximum atomic E-state index is 12.3. The summed E-state index contributed by atoms with van der Waals surface area (Å²) >= 11 is 0. The number of hydrogen-bond acceptors (Lipinski definition) is 6. The van der Waals surface area contributed by atoms with Crippen molar-refractivity contribution in [2.45, 2.75) is 39.9 Å². The van der Waals surface area contributed by atoms with Crippen LogP contribution in [0.5, 0.6) is 5.75 Å². The van der Waals surface area contributed by atoms with Crippen LogP contribution in [-0.4, -0.2) is 22.3 Å². The van der Waals surface area contributed by atoms with E-state index in [1.165, 1.54) is 0 Å². The van der Waals surface area contributed by atoms with Crippen LogP contribution in [0, 0.1) is 13.8 Å². The molecule has 0 aliphatic carbocycles. The Labute approximate surface area is 158 Å². The number of carbonyl (C=O) groups is 1. The number of aromatic nitrogens is 2. The van der Waals surface area contributed by atoms with E-state index in [1.54, 1.807) is 13.8 Å². The number of hydrogen-bond donors (Lipinski definition) is 0. The summed E-state index contributed by atoms with van der Waals surface area (Å²) in [6.45, 7) is 7.31. The Morgan fingerprint density at radius 2 is 1.52 bits per heavy atom. The second-order valence-corrected chi connectivity index (χ2v) is 6.46. The monoisotopic (exact) mass is 366 g/mol. The van der Waals surface area contributed by atoms with Gasteiger partial charge in [0.25, 0.3) is 5.89 Å². The minimum Gasteiger partial charge on any atom is -0.479 e. The lowest BCUT2D eigenvalue weighted by molar-refractivity contribution is -0.157. The molecule has 1 heterocycles. The van der Waals surface area contributed by atoms with Gasteiger partial charge < -0.3 is 13.9 Å². The average molecular weight is 366 g/mol. The number of nitrogens with zero attached hydrogens (tertiary/aromatic N) is 2. The Bertz CT molecular complexity index is 901. The standard InChI is InChI=1S/C21H22N2O4/c1-13-5-9-17(10-6-13)20-23-22-19(27-20)15(3)26-21(24)16(4)25-18-11-7-14(2)8-12-18/h5-12,15-16H,1-4H3. The van der Waals surface area contributed by atoms with Crippen LogP contribution in [0.25, 0.3) is 11.5 Å². The molecule has 0 amide bonds. The molecule has 6 heteroatoms. The highest BCUT2D eigenvalue weighted by Gasteiger charge is 2.23. The molecule has 3 rings (SSSR count). The highest BCUT2D eigenvalue weighted by Crippen LogP contribution is 2.23. The molecule has 27 heavy (non-hydrogen) atoms. The molecule has 0 fully saturated rings. The molecule has 0 aliphatic rings. The molecule has 1 aromatic heterocycles. The second-order valence-electron chi connectivity index (χ2n) is 6.46. The summed E-state index contributed by atoms with van der Waals surface area (Å²) in [4.78, 5) is 12.3. The van der Waals surface area contributed by atoms with Gasteiger partial charge in [-0.2, -0.15) is 0 Å². The fourth-order valence-corrected chi connectivity index (χ4v) is 2.40. The largest absolute Gasteiger partial charge is 0.479 e. The molecule has 0 saturated heterocycles. The topological polar surface area (TPSA) is 74.5 Å². The van der Waals surface area contributed by atoms with Gasteiger partial charge in [0.15, 0.2) is 12.2 Å². The van der Waals surface area contributed by atoms with Gasteiger partial charge in [0, 0.05) is 5.56 Å². The van der Waals surface area contributed by atoms with Crippen molar-refractivity contribution in [3.8, 4) is 17.2 Å². The van der Waals surface area contributed by atoms with Crippen molar-refractivity contribution in [1.82, 2.24) is 10.2 Å². The maximum absolute atomic E-state index is 12.3. The smallest absolute Gasteiger partial charge is 0.347 e. The van der Waals surface area contributed by atoms with E-state index >= 15 is 0 Å². The minimum atomic E-state index is -0.755. The Balaban J connectivity index is 1.61. The quantitative estimate of drug-likeness (QED) is 0.601. The molecule has 0 radical (unpaired) electrons. The average Bonchev–Trinajstić information content (AvgIpc) is 3.14. The first-order valence-corrected chi connectivity index (χ1v) is 8.76. The first-order chi connectivity index (χ1) is 12.9. The van der Waals surface area contributed by atoms with E-state index in [0.29, 0.717) is 11.6 Å². The Morgan fingerprint density at radius 3 is 2.15 bits per heavy atom. The molecule has 0 N–H and O–H groups in total. The molecule has 2 aromatic carbocycles. The third kappa shape index (κ3) is 4.73. The summed E-state index contributed by atoms with van der Waals surface area (Å²) in [7, 11) is 0.